The van der Waals surface area contributed by atoms with E-state index in [1.54, 1.807) is 7.11 Å². The van der Waals surface area contributed by atoms with Crippen LogP contribution >= 0.6 is 0 Å². The minimum Gasteiger partial charge on any atom is -0.380 e. The van der Waals surface area contributed by atoms with E-state index >= 15 is 0 Å². The lowest BCUT2D eigenvalue weighted by atomic mass is 10.1. The van der Waals surface area contributed by atoms with Gasteiger partial charge in [0.25, 0.3) is 0 Å². The zero-order chi connectivity index (χ0) is 18.9. The first-order valence-electron chi connectivity index (χ1n) is 7.20. The molecule has 0 aliphatic rings. The Morgan fingerprint density at radius 1 is 1.17 bits per heavy atom. The lowest BCUT2D eigenvalue weighted by Gasteiger charge is -2.18. The third-order valence-corrected chi connectivity index (χ3v) is 3.24. The largest absolute Gasteiger partial charge is 0.380 e. The number of hydrogen-bond acceptors (Lipinski definition) is 7. The molecule has 1 amide bonds. The van der Waals surface area contributed by atoms with Crippen LogP contribution in [0.4, 0.5) is 5.69 Å². The second kappa shape index (κ2) is 10.6. The van der Waals surface area contributed by atoms with E-state index in [4.69, 9.17) is 23.4 Å². The van der Waals surface area contributed by atoms with Crippen LogP contribution in [0.25, 0.3) is 0 Å². The molecule has 0 fully saturated rings. The molecule has 24 heavy (non-hydrogen) atoms. The highest BCUT2D eigenvalue weighted by Crippen LogP contribution is 2.19. The molecule has 138 valence electrons. The summed E-state index contributed by atoms with van der Waals surface area (Å²) in [5.41, 5.74) is 3.05. The standard InChI is InChI=1S/C15H24N2O2.ClHO4/c1-10-7-6-8-11(2)14(10)17-15(18)13(4)16-9-12(3)19-5;2-1(3,4)5/h6-8,12-13,16H,9H2,1-5H3,(H,17,18);(H,2,3,4,5)/p-1. The van der Waals surface area contributed by atoms with E-state index in [1.165, 1.54) is 0 Å². The van der Waals surface area contributed by atoms with Crippen molar-refractivity contribution in [3.63, 3.8) is 0 Å². The van der Waals surface area contributed by atoms with E-state index in [0.717, 1.165) is 16.8 Å². The van der Waals surface area contributed by atoms with Gasteiger partial charge in [-0.25, -0.2) is 18.6 Å². The van der Waals surface area contributed by atoms with Gasteiger partial charge in [0.15, 0.2) is 0 Å². The maximum Gasteiger partial charge on any atom is 0.241 e. The molecule has 9 heteroatoms. The first kappa shape index (κ1) is 22.7. The predicted molar refractivity (Wildman–Crippen MR) is 78.5 cm³/mol. The molecule has 0 spiro atoms. The molecule has 1 aromatic carbocycles. The fraction of sp³-hybridized carbons (Fsp3) is 0.533. The maximum absolute atomic E-state index is 12.1. The molecular weight excluding hydrogens is 340 g/mol. The second-order valence-corrected chi connectivity index (χ2v) is 6.07. The van der Waals surface area contributed by atoms with Gasteiger partial charge in [0.1, 0.15) is 0 Å². The number of rotatable bonds is 6. The molecule has 0 saturated heterocycles. The fourth-order valence-corrected chi connectivity index (χ4v) is 1.76. The van der Waals surface area contributed by atoms with Gasteiger partial charge in [-0.05, 0) is 38.8 Å². The lowest BCUT2D eigenvalue weighted by molar-refractivity contribution is -2.00. The van der Waals surface area contributed by atoms with Crippen molar-refractivity contribution in [3.05, 3.63) is 29.3 Å². The van der Waals surface area contributed by atoms with Crippen LogP contribution in [0.15, 0.2) is 18.2 Å². The van der Waals surface area contributed by atoms with Crippen molar-refractivity contribution in [1.82, 2.24) is 5.32 Å². The van der Waals surface area contributed by atoms with Crippen LogP contribution < -0.4 is 29.3 Å². The molecule has 0 bridgehead atoms. The monoisotopic (exact) mass is 363 g/mol. The number of para-hydroxylation sites is 1. The molecule has 1 rings (SSSR count). The van der Waals surface area contributed by atoms with Gasteiger partial charge < -0.3 is 15.4 Å². The number of benzene rings is 1. The molecule has 0 aliphatic carbocycles. The Morgan fingerprint density at radius 2 is 1.62 bits per heavy atom. The molecule has 8 nitrogen and oxygen atoms in total. The van der Waals surface area contributed by atoms with Crippen LogP contribution in [0, 0.1) is 24.1 Å². The van der Waals surface area contributed by atoms with E-state index in [2.05, 4.69) is 10.6 Å². The van der Waals surface area contributed by atoms with Gasteiger partial charge in [0, 0.05) is 19.3 Å². The fourth-order valence-electron chi connectivity index (χ4n) is 1.76. The first-order chi connectivity index (χ1) is 11.0. The van der Waals surface area contributed by atoms with Crippen molar-refractivity contribution in [3.8, 4) is 0 Å². The number of ether oxygens (including phenoxy) is 1. The average Bonchev–Trinajstić information content (AvgIpc) is 2.46. The average molecular weight is 364 g/mol. The maximum atomic E-state index is 12.1. The lowest BCUT2D eigenvalue weighted by Crippen LogP contribution is -2.68. The molecule has 0 aromatic heterocycles. The van der Waals surface area contributed by atoms with Crippen molar-refractivity contribution in [2.24, 2.45) is 0 Å². The number of halogens is 1. The molecule has 0 saturated carbocycles. The predicted octanol–water partition coefficient (Wildman–Crippen LogP) is -2.50. The summed E-state index contributed by atoms with van der Waals surface area (Å²) in [5.74, 6) is -0.0271. The Morgan fingerprint density at radius 3 is 2.04 bits per heavy atom. The van der Waals surface area contributed by atoms with Crippen LogP contribution in [-0.4, -0.2) is 31.7 Å². The highest BCUT2D eigenvalue weighted by molar-refractivity contribution is 5.95. The molecule has 0 heterocycles. The van der Waals surface area contributed by atoms with E-state index in [-0.39, 0.29) is 18.1 Å². The summed E-state index contributed by atoms with van der Waals surface area (Å²) in [4.78, 5) is 12.1. The molecule has 2 unspecified atom stereocenters. The number of amides is 1. The smallest absolute Gasteiger partial charge is 0.241 e. The Bertz CT molecular complexity index is 495. The van der Waals surface area contributed by atoms with Gasteiger partial charge >= 0.3 is 0 Å². The summed E-state index contributed by atoms with van der Waals surface area (Å²) >= 11 is 0. The highest BCUT2D eigenvalue weighted by atomic mass is 35.7. The first-order valence-corrected chi connectivity index (χ1v) is 8.44. The van der Waals surface area contributed by atoms with Crippen molar-refractivity contribution in [2.45, 2.75) is 39.8 Å². The van der Waals surface area contributed by atoms with Crippen molar-refractivity contribution >= 4 is 11.6 Å². The Balaban J connectivity index is 0.000000922. The summed E-state index contributed by atoms with van der Waals surface area (Å²) < 4.78 is 39.1. The quantitative estimate of drug-likeness (QED) is 0.568. The molecule has 2 N–H and O–H groups in total. The number of hydrogen-bond donors (Lipinski definition) is 2. The Hall–Kier alpha value is -1.26. The van der Waals surface area contributed by atoms with Gasteiger partial charge in [-0.2, -0.15) is 0 Å². The van der Waals surface area contributed by atoms with Crippen molar-refractivity contribution in [1.29, 1.82) is 0 Å². The Labute approximate surface area is 144 Å². The molecular formula is C15H24ClN2O6-. The van der Waals surface area contributed by atoms with Gasteiger partial charge in [-0.15, -0.1) is 10.2 Å². The molecule has 1 aromatic rings. The Kier molecular flexibility index (Phi) is 10.0. The third kappa shape index (κ3) is 10.5. The van der Waals surface area contributed by atoms with Gasteiger partial charge in [0.05, 0.1) is 12.1 Å². The van der Waals surface area contributed by atoms with Gasteiger partial charge in [-0.1, -0.05) is 18.2 Å². The van der Waals surface area contributed by atoms with Gasteiger partial charge in [0.2, 0.25) is 5.91 Å². The number of carbonyl (C=O) groups excluding carboxylic acids is 1. The van der Waals surface area contributed by atoms with Gasteiger partial charge in [-0.3, -0.25) is 4.79 Å². The van der Waals surface area contributed by atoms with Crippen LogP contribution in [0.5, 0.6) is 0 Å². The minimum atomic E-state index is -4.94. The molecule has 0 aliphatic heterocycles. The summed E-state index contributed by atoms with van der Waals surface area (Å²) in [7, 11) is -3.28. The van der Waals surface area contributed by atoms with Crippen LogP contribution in [0.1, 0.15) is 25.0 Å². The number of methoxy groups -OCH3 is 1. The zero-order valence-electron chi connectivity index (χ0n) is 14.4. The topological polar surface area (TPSA) is 143 Å². The van der Waals surface area contributed by atoms with E-state index < -0.39 is 10.2 Å². The van der Waals surface area contributed by atoms with E-state index in [9.17, 15) is 4.79 Å². The summed E-state index contributed by atoms with van der Waals surface area (Å²) in [6.07, 6.45) is 0.0930. The summed E-state index contributed by atoms with van der Waals surface area (Å²) in [5, 5.41) is 6.13. The van der Waals surface area contributed by atoms with Crippen LogP contribution in [-0.2, 0) is 9.53 Å². The SMILES string of the molecule is COC(C)CNC(C)C(=O)Nc1c(C)cccc1C.[O-][Cl+3]([O-])([O-])[O-]. The summed E-state index contributed by atoms with van der Waals surface area (Å²) in [6, 6.07) is 5.72. The van der Waals surface area contributed by atoms with E-state index in [0.29, 0.717) is 6.54 Å². The summed E-state index contributed by atoms with van der Waals surface area (Å²) in [6.45, 7) is 8.45. The van der Waals surface area contributed by atoms with E-state index in [1.807, 2.05) is 45.9 Å². The minimum absolute atomic E-state index is 0.0271. The van der Waals surface area contributed by atoms with Crippen molar-refractivity contribution in [2.75, 3.05) is 19.0 Å². The highest BCUT2D eigenvalue weighted by Gasteiger charge is 2.15. The third-order valence-electron chi connectivity index (χ3n) is 3.24. The molecule has 0 radical (unpaired) electrons. The number of anilines is 1. The number of aryl methyl sites for hydroxylation is 2. The number of carbonyl (C=O) groups is 1. The number of nitrogens with one attached hydrogen (secondary N) is 2. The normalized spacial score (nSPS) is 13.5. The van der Waals surface area contributed by atoms with Crippen LogP contribution in [0.3, 0.4) is 0 Å². The zero-order valence-corrected chi connectivity index (χ0v) is 15.2. The second-order valence-electron chi connectivity index (χ2n) is 5.31. The van der Waals surface area contributed by atoms with Crippen molar-refractivity contribution < 1.29 is 38.4 Å². The van der Waals surface area contributed by atoms with Crippen LogP contribution in [0.2, 0.25) is 0 Å². The molecule has 2 atom stereocenters.